The number of hydrogen-bond acceptors (Lipinski definition) is 5. The van der Waals surface area contributed by atoms with E-state index in [1.54, 1.807) is 25.1 Å². The van der Waals surface area contributed by atoms with Crippen molar-refractivity contribution in [3.63, 3.8) is 0 Å². The molecule has 0 aromatic heterocycles. The van der Waals surface area contributed by atoms with E-state index < -0.39 is 5.97 Å². The Labute approximate surface area is 124 Å². The quantitative estimate of drug-likeness (QED) is 0.634. The van der Waals surface area contributed by atoms with Crippen LogP contribution in [-0.2, 0) is 9.53 Å². The molecule has 0 atom stereocenters. The topological polar surface area (TPSA) is 84.7 Å². The van der Waals surface area contributed by atoms with Gasteiger partial charge in [-0.3, -0.25) is 4.79 Å². The number of nitrogens with zero attached hydrogens (tertiary/aromatic N) is 1. The summed E-state index contributed by atoms with van der Waals surface area (Å²) in [6.07, 6.45) is 2.11. The summed E-state index contributed by atoms with van der Waals surface area (Å²) >= 11 is 0. The zero-order valence-corrected chi connectivity index (χ0v) is 12.2. The number of esters is 1. The lowest BCUT2D eigenvalue weighted by molar-refractivity contribution is -0.128. The van der Waals surface area contributed by atoms with Crippen LogP contribution in [0.4, 0.5) is 11.4 Å². The highest BCUT2D eigenvalue weighted by atomic mass is 16.5. The molecule has 1 aromatic rings. The average molecular weight is 291 g/mol. The smallest absolute Gasteiger partial charge is 0.340 e. The van der Waals surface area contributed by atoms with Crippen LogP contribution >= 0.6 is 0 Å². The molecule has 2 rings (SSSR count). The molecule has 0 radical (unpaired) electrons. The first-order valence-electron chi connectivity index (χ1n) is 7.20. The van der Waals surface area contributed by atoms with E-state index in [2.05, 4.69) is 5.32 Å². The molecular formula is C15H21N3O3. The average Bonchev–Trinajstić information content (AvgIpc) is 3.00. The Bertz CT molecular complexity index is 525. The van der Waals surface area contributed by atoms with Crippen LogP contribution in [0.25, 0.3) is 0 Å². The molecule has 6 nitrogen and oxygen atoms in total. The predicted octanol–water partition coefficient (Wildman–Crippen LogP) is 1.48. The van der Waals surface area contributed by atoms with E-state index in [-0.39, 0.29) is 12.5 Å². The van der Waals surface area contributed by atoms with Crippen molar-refractivity contribution in [2.45, 2.75) is 19.8 Å². The van der Waals surface area contributed by atoms with Crippen LogP contribution in [0.1, 0.15) is 30.1 Å². The van der Waals surface area contributed by atoms with Crippen molar-refractivity contribution in [1.29, 1.82) is 0 Å². The van der Waals surface area contributed by atoms with Gasteiger partial charge in [0.15, 0.2) is 0 Å². The normalized spacial score (nSPS) is 14.0. The molecule has 3 N–H and O–H groups in total. The molecule has 0 bridgehead atoms. The standard InChI is InChI=1S/C15H21N3O3/c1-2-21-15(20)12-9-11(16)5-6-13(12)17-10-14(19)18-7-3-4-8-18/h5-6,9,17H,2-4,7-8,10,16H2,1H3. The third-order valence-corrected chi connectivity index (χ3v) is 3.43. The van der Waals surface area contributed by atoms with Crippen molar-refractivity contribution in [1.82, 2.24) is 4.90 Å². The molecule has 1 saturated heterocycles. The van der Waals surface area contributed by atoms with Gasteiger partial charge in [0.2, 0.25) is 5.91 Å². The first-order valence-corrected chi connectivity index (χ1v) is 7.20. The Morgan fingerprint density at radius 3 is 2.71 bits per heavy atom. The molecule has 1 aromatic carbocycles. The molecule has 1 heterocycles. The molecule has 6 heteroatoms. The third-order valence-electron chi connectivity index (χ3n) is 3.43. The van der Waals surface area contributed by atoms with Gasteiger partial charge in [-0.25, -0.2) is 4.79 Å². The van der Waals surface area contributed by atoms with Crippen LogP contribution in [0.2, 0.25) is 0 Å². The van der Waals surface area contributed by atoms with Gasteiger partial charge in [-0.1, -0.05) is 0 Å². The van der Waals surface area contributed by atoms with Gasteiger partial charge in [0.1, 0.15) is 0 Å². The summed E-state index contributed by atoms with van der Waals surface area (Å²) in [5.41, 5.74) is 7.11. The maximum absolute atomic E-state index is 12.0. The van der Waals surface area contributed by atoms with Crippen molar-refractivity contribution in [2.75, 3.05) is 37.3 Å². The number of carbonyl (C=O) groups excluding carboxylic acids is 2. The molecule has 0 saturated carbocycles. The SMILES string of the molecule is CCOC(=O)c1cc(N)ccc1NCC(=O)N1CCCC1. The largest absolute Gasteiger partial charge is 0.462 e. The summed E-state index contributed by atoms with van der Waals surface area (Å²) in [7, 11) is 0. The number of carbonyl (C=O) groups is 2. The van der Waals surface area contributed by atoms with E-state index in [0.29, 0.717) is 23.5 Å². The molecule has 0 unspecified atom stereocenters. The lowest BCUT2D eigenvalue weighted by Crippen LogP contribution is -2.33. The highest BCUT2D eigenvalue weighted by Gasteiger charge is 2.19. The summed E-state index contributed by atoms with van der Waals surface area (Å²) in [6.45, 7) is 3.82. The summed E-state index contributed by atoms with van der Waals surface area (Å²) in [6, 6.07) is 4.94. The van der Waals surface area contributed by atoms with Crippen molar-refractivity contribution in [3.05, 3.63) is 23.8 Å². The Hall–Kier alpha value is -2.24. The summed E-state index contributed by atoms with van der Waals surface area (Å²) in [5, 5.41) is 3.01. The molecule has 0 spiro atoms. The Morgan fingerprint density at radius 1 is 1.33 bits per heavy atom. The van der Waals surface area contributed by atoms with Gasteiger partial charge in [0.25, 0.3) is 0 Å². The van der Waals surface area contributed by atoms with E-state index in [0.717, 1.165) is 25.9 Å². The van der Waals surface area contributed by atoms with Crippen LogP contribution in [0.3, 0.4) is 0 Å². The van der Waals surface area contributed by atoms with Crippen LogP contribution < -0.4 is 11.1 Å². The number of anilines is 2. The number of nitrogens with one attached hydrogen (secondary N) is 1. The zero-order chi connectivity index (χ0) is 15.2. The van der Waals surface area contributed by atoms with Gasteiger partial charge in [-0.2, -0.15) is 0 Å². The predicted molar refractivity (Wildman–Crippen MR) is 81.1 cm³/mol. The maximum atomic E-state index is 12.0. The van der Waals surface area contributed by atoms with E-state index in [4.69, 9.17) is 10.5 Å². The second-order valence-electron chi connectivity index (χ2n) is 4.97. The molecule has 114 valence electrons. The van der Waals surface area contributed by atoms with E-state index in [9.17, 15) is 9.59 Å². The number of ether oxygens (including phenoxy) is 1. The Morgan fingerprint density at radius 2 is 2.05 bits per heavy atom. The second-order valence-corrected chi connectivity index (χ2v) is 4.97. The highest BCUT2D eigenvalue weighted by Crippen LogP contribution is 2.20. The van der Waals surface area contributed by atoms with E-state index in [1.807, 2.05) is 4.90 Å². The van der Waals surface area contributed by atoms with Gasteiger partial charge in [-0.15, -0.1) is 0 Å². The number of hydrogen-bond donors (Lipinski definition) is 2. The minimum Gasteiger partial charge on any atom is -0.462 e. The number of rotatable bonds is 5. The lowest BCUT2D eigenvalue weighted by Gasteiger charge is -2.17. The fourth-order valence-electron chi connectivity index (χ4n) is 2.34. The highest BCUT2D eigenvalue weighted by molar-refractivity contribution is 5.97. The number of benzene rings is 1. The monoisotopic (exact) mass is 291 g/mol. The fourth-order valence-corrected chi connectivity index (χ4v) is 2.34. The molecule has 1 amide bonds. The van der Waals surface area contributed by atoms with Gasteiger partial charge in [0, 0.05) is 24.5 Å². The summed E-state index contributed by atoms with van der Waals surface area (Å²) in [5.74, 6) is -0.403. The van der Waals surface area contributed by atoms with Crippen LogP contribution in [-0.4, -0.2) is 43.0 Å². The molecule has 1 aliphatic rings. The third kappa shape index (κ3) is 3.87. The lowest BCUT2D eigenvalue weighted by atomic mass is 10.1. The van der Waals surface area contributed by atoms with Crippen molar-refractivity contribution < 1.29 is 14.3 Å². The van der Waals surface area contributed by atoms with Gasteiger partial charge >= 0.3 is 5.97 Å². The van der Waals surface area contributed by atoms with E-state index in [1.165, 1.54) is 0 Å². The van der Waals surface area contributed by atoms with Crippen LogP contribution in [0.15, 0.2) is 18.2 Å². The number of amides is 1. The molecular weight excluding hydrogens is 270 g/mol. The van der Waals surface area contributed by atoms with Gasteiger partial charge in [0.05, 0.1) is 18.7 Å². The first kappa shape index (κ1) is 15.2. The molecule has 1 fully saturated rings. The Balaban J connectivity index is 2.04. The number of nitrogen functional groups attached to an aromatic ring is 1. The maximum Gasteiger partial charge on any atom is 0.340 e. The van der Waals surface area contributed by atoms with E-state index >= 15 is 0 Å². The zero-order valence-electron chi connectivity index (χ0n) is 12.2. The van der Waals surface area contributed by atoms with Gasteiger partial charge < -0.3 is 20.7 Å². The fraction of sp³-hybridized carbons (Fsp3) is 0.467. The minimum atomic E-state index is -0.444. The summed E-state index contributed by atoms with van der Waals surface area (Å²) < 4.78 is 5.00. The first-order chi connectivity index (χ1) is 10.1. The van der Waals surface area contributed by atoms with Crippen LogP contribution in [0.5, 0.6) is 0 Å². The molecule has 21 heavy (non-hydrogen) atoms. The number of nitrogens with two attached hydrogens (primary N) is 1. The van der Waals surface area contributed by atoms with Crippen molar-refractivity contribution in [3.8, 4) is 0 Å². The molecule has 0 aliphatic carbocycles. The second kappa shape index (κ2) is 6.97. The minimum absolute atomic E-state index is 0.0409. The van der Waals surface area contributed by atoms with Crippen molar-refractivity contribution in [2.24, 2.45) is 0 Å². The van der Waals surface area contributed by atoms with Crippen molar-refractivity contribution >= 4 is 23.3 Å². The molecule has 1 aliphatic heterocycles. The number of likely N-dealkylation sites (tertiary alicyclic amines) is 1. The van der Waals surface area contributed by atoms with Gasteiger partial charge in [-0.05, 0) is 38.0 Å². The Kier molecular flexibility index (Phi) is 5.03. The van der Waals surface area contributed by atoms with Crippen LogP contribution in [0, 0.1) is 0 Å². The summed E-state index contributed by atoms with van der Waals surface area (Å²) in [4.78, 5) is 25.7.